The van der Waals surface area contributed by atoms with Crippen LogP contribution in [0.15, 0.2) is 35.2 Å². The van der Waals surface area contributed by atoms with Crippen molar-refractivity contribution in [1.29, 1.82) is 0 Å². The zero-order valence-electron chi connectivity index (χ0n) is 10.5. The topological polar surface area (TPSA) is 57.6 Å². The number of rotatable bonds is 3. The van der Waals surface area contributed by atoms with Crippen molar-refractivity contribution in [2.45, 2.75) is 36.7 Å². The van der Waals surface area contributed by atoms with Crippen LogP contribution in [0, 0.1) is 0 Å². The van der Waals surface area contributed by atoms with Crippen molar-refractivity contribution in [3.8, 4) is 0 Å². The zero-order chi connectivity index (χ0) is 13.2. The van der Waals surface area contributed by atoms with Crippen LogP contribution in [0.5, 0.6) is 0 Å². The standard InChI is InChI=1S/C13H19NO3S/c1-2-13(15)8-10-14(11-9-13)18(16,17)12-6-4-3-5-7-12/h3-7,15H,2,8-11H2,1H3. The average Bonchev–Trinajstić information content (AvgIpc) is 2.40. The SMILES string of the molecule is CCC1(O)CCN(S(=O)(=O)c2ccccc2)CC1. The van der Waals surface area contributed by atoms with Gasteiger partial charge in [-0.25, -0.2) is 8.42 Å². The highest BCUT2D eigenvalue weighted by Gasteiger charge is 2.35. The molecule has 18 heavy (non-hydrogen) atoms. The molecule has 0 bridgehead atoms. The molecule has 0 spiro atoms. The summed E-state index contributed by atoms with van der Waals surface area (Å²) in [6.07, 6.45) is 1.69. The van der Waals surface area contributed by atoms with Crippen molar-refractivity contribution in [2.24, 2.45) is 0 Å². The number of aliphatic hydroxyl groups is 1. The molecule has 0 saturated carbocycles. The first-order valence-corrected chi connectivity index (χ1v) is 7.69. The van der Waals surface area contributed by atoms with Crippen LogP contribution in [-0.2, 0) is 10.0 Å². The molecule has 1 aromatic carbocycles. The van der Waals surface area contributed by atoms with Gasteiger partial charge in [0.15, 0.2) is 0 Å². The minimum atomic E-state index is -3.40. The van der Waals surface area contributed by atoms with E-state index in [0.717, 1.165) is 0 Å². The van der Waals surface area contributed by atoms with Crippen molar-refractivity contribution in [3.63, 3.8) is 0 Å². The molecule has 0 aliphatic carbocycles. The number of benzene rings is 1. The largest absolute Gasteiger partial charge is 0.390 e. The lowest BCUT2D eigenvalue weighted by molar-refractivity contribution is -0.00802. The highest BCUT2D eigenvalue weighted by Crippen LogP contribution is 2.28. The number of nitrogens with zero attached hydrogens (tertiary/aromatic N) is 1. The second-order valence-electron chi connectivity index (χ2n) is 4.80. The summed E-state index contributed by atoms with van der Waals surface area (Å²) in [7, 11) is -3.40. The Hall–Kier alpha value is -0.910. The fraction of sp³-hybridized carbons (Fsp3) is 0.538. The summed E-state index contributed by atoms with van der Waals surface area (Å²) in [6.45, 7) is 2.71. The number of hydrogen-bond donors (Lipinski definition) is 1. The lowest BCUT2D eigenvalue weighted by Gasteiger charge is -2.36. The zero-order valence-corrected chi connectivity index (χ0v) is 11.4. The maximum Gasteiger partial charge on any atom is 0.243 e. The first-order valence-electron chi connectivity index (χ1n) is 6.25. The van der Waals surface area contributed by atoms with Gasteiger partial charge in [-0.3, -0.25) is 0 Å². The van der Waals surface area contributed by atoms with E-state index in [-0.39, 0.29) is 0 Å². The van der Waals surface area contributed by atoms with Gasteiger partial charge in [-0.15, -0.1) is 0 Å². The second kappa shape index (κ2) is 4.99. The van der Waals surface area contributed by atoms with Gasteiger partial charge in [0.25, 0.3) is 0 Å². The maximum absolute atomic E-state index is 12.3. The fourth-order valence-corrected chi connectivity index (χ4v) is 3.70. The van der Waals surface area contributed by atoms with E-state index in [1.54, 1.807) is 30.3 Å². The van der Waals surface area contributed by atoms with E-state index in [0.29, 0.717) is 37.2 Å². The van der Waals surface area contributed by atoms with E-state index >= 15 is 0 Å². The summed E-state index contributed by atoms with van der Waals surface area (Å²) >= 11 is 0. The van der Waals surface area contributed by atoms with Gasteiger partial charge in [0, 0.05) is 13.1 Å². The number of hydrogen-bond acceptors (Lipinski definition) is 3. The van der Waals surface area contributed by atoms with Crippen LogP contribution < -0.4 is 0 Å². The Balaban J connectivity index is 2.15. The molecule has 0 unspecified atom stereocenters. The van der Waals surface area contributed by atoms with E-state index in [9.17, 15) is 13.5 Å². The van der Waals surface area contributed by atoms with Gasteiger partial charge in [-0.1, -0.05) is 25.1 Å². The third-order valence-corrected chi connectivity index (χ3v) is 5.61. The quantitative estimate of drug-likeness (QED) is 0.907. The van der Waals surface area contributed by atoms with Gasteiger partial charge < -0.3 is 5.11 Å². The van der Waals surface area contributed by atoms with Gasteiger partial charge in [0.1, 0.15) is 0 Å². The van der Waals surface area contributed by atoms with E-state index in [1.165, 1.54) is 4.31 Å². The Morgan fingerprint density at radius 2 is 1.78 bits per heavy atom. The van der Waals surface area contributed by atoms with Gasteiger partial charge >= 0.3 is 0 Å². The van der Waals surface area contributed by atoms with Gasteiger partial charge in [0.05, 0.1) is 10.5 Å². The molecule has 0 aromatic heterocycles. The smallest absolute Gasteiger partial charge is 0.243 e. The summed E-state index contributed by atoms with van der Waals surface area (Å²) in [6, 6.07) is 8.45. The lowest BCUT2D eigenvalue weighted by atomic mass is 9.90. The molecule has 5 heteroatoms. The molecule has 4 nitrogen and oxygen atoms in total. The van der Waals surface area contributed by atoms with Crippen LogP contribution in [-0.4, -0.2) is 36.5 Å². The Labute approximate surface area is 108 Å². The molecule has 0 radical (unpaired) electrons. The van der Waals surface area contributed by atoms with Crippen molar-refractivity contribution in [2.75, 3.05) is 13.1 Å². The normalized spacial score (nSPS) is 20.8. The second-order valence-corrected chi connectivity index (χ2v) is 6.73. The van der Waals surface area contributed by atoms with E-state index < -0.39 is 15.6 Å². The molecule has 1 aromatic rings. The first kappa shape index (κ1) is 13.5. The van der Waals surface area contributed by atoms with Crippen molar-refractivity contribution in [1.82, 2.24) is 4.31 Å². The van der Waals surface area contributed by atoms with Gasteiger partial charge in [-0.2, -0.15) is 4.31 Å². The van der Waals surface area contributed by atoms with Crippen LogP contribution in [0.1, 0.15) is 26.2 Å². The van der Waals surface area contributed by atoms with Crippen LogP contribution in [0.2, 0.25) is 0 Å². The number of piperidine rings is 1. The Bertz CT molecular complexity index is 490. The van der Waals surface area contributed by atoms with Crippen molar-refractivity contribution < 1.29 is 13.5 Å². The van der Waals surface area contributed by atoms with E-state index in [4.69, 9.17) is 0 Å². The molecule has 0 atom stereocenters. The summed E-state index contributed by atoms with van der Waals surface area (Å²) in [5, 5.41) is 10.1. The lowest BCUT2D eigenvalue weighted by Crippen LogP contribution is -2.46. The summed E-state index contributed by atoms with van der Waals surface area (Å²) in [5.74, 6) is 0. The maximum atomic E-state index is 12.3. The molecule has 1 heterocycles. The third kappa shape index (κ3) is 2.58. The predicted molar refractivity (Wildman–Crippen MR) is 69.7 cm³/mol. The monoisotopic (exact) mass is 269 g/mol. The Morgan fingerprint density at radius 3 is 2.28 bits per heavy atom. The molecular weight excluding hydrogens is 250 g/mol. The van der Waals surface area contributed by atoms with Gasteiger partial charge in [0.2, 0.25) is 10.0 Å². The minimum Gasteiger partial charge on any atom is -0.390 e. The minimum absolute atomic E-state index is 0.326. The number of sulfonamides is 1. The summed E-state index contributed by atoms with van der Waals surface area (Å²) in [5.41, 5.74) is -0.692. The molecule has 1 aliphatic rings. The highest BCUT2D eigenvalue weighted by molar-refractivity contribution is 7.89. The Morgan fingerprint density at radius 1 is 1.22 bits per heavy atom. The average molecular weight is 269 g/mol. The van der Waals surface area contributed by atoms with Crippen LogP contribution in [0.25, 0.3) is 0 Å². The molecule has 1 saturated heterocycles. The van der Waals surface area contributed by atoms with Gasteiger partial charge in [-0.05, 0) is 31.4 Å². The van der Waals surface area contributed by atoms with E-state index in [2.05, 4.69) is 0 Å². The fourth-order valence-electron chi connectivity index (χ4n) is 2.24. The summed E-state index contributed by atoms with van der Waals surface area (Å²) in [4.78, 5) is 0.326. The molecule has 100 valence electrons. The molecular formula is C13H19NO3S. The van der Waals surface area contributed by atoms with Crippen LogP contribution in [0.4, 0.5) is 0 Å². The van der Waals surface area contributed by atoms with Crippen molar-refractivity contribution in [3.05, 3.63) is 30.3 Å². The Kier molecular flexibility index (Phi) is 3.75. The van der Waals surface area contributed by atoms with Crippen LogP contribution in [0.3, 0.4) is 0 Å². The molecule has 1 aliphatic heterocycles. The molecule has 1 fully saturated rings. The van der Waals surface area contributed by atoms with E-state index in [1.807, 2.05) is 6.92 Å². The molecule has 1 N–H and O–H groups in total. The first-order chi connectivity index (χ1) is 8.48. The highest BCUT2D eigenvalue weighted by atomic mass is 32.2. The molecule has 2 rings (SSSR count). The predicted octanol–water partition coefficient (Wildman–Crippen LogP) is 1.61. The third-order valence-electron chi connectivity index (χ3n) is 3.69. The molecule has 0 amide bonds. The van der Waals surface area contributed by atoms with Crippen molar-refractivity contribution >= 4 is 10.0 Å². The summed E-state index contributed by atoms with van der Waals surface area (Å²) < 4.78 is 26.1. The van der Waals surface area contributed by atoms with Crippen LogP contribution >= 0.6 is 0 Å².